The molecule has 0 aliphatic rings. The third-order valence-electron chi connectivity index (χ3n) is 2.95. The highest BCUT2D eigenvalue weighted by Crippen LogP contribution is 2.22. The van der Waals surface area contributed by atoms with Crippen LogP contribution in [0.1, 0.15) is 22.2 Å². The maximum Gasteiger partial charge on any atom is 0.275 e. The zero-order valence-electron chi connectivity index (χ0n) is 10.8. The van der Waals surface area contributed by atoms with Crippen LogP contribution in [-0.2, 0) is 6.54 Å². The van der Waals surface area contributed by atoms with Gasteiger partial charge in [-0.1, -0.05) is 18.2 Å². The van der Waals surface area contributed by atoms with E-state index in [0.29, 0.717) is 11.4 Å². The molecule has 1 heterocycles. The Morgan fingerprint density at radius 2 is 2.05 bits per heavy atom. The molecule has 0 fully saturated rings. The molecule has 0 bridgehead atoms. The second kappa shape index (κ2) is 6.36. The number of nitrogens with one attached hydrogen (secondary N) is 1. The summed E-state index contributed by atoms with van der Waals surface area (Å²) in [5.74, 6) is 4.97. The fourth-order valence-corrected chi connectivity index (χ4v) is 2.77. The van der Waals surface area contributed by atoms with Crippen LogP contribution in [0.25, 0.3) is 0 Å². The van der Waals surface area contributed by atoms with E-state index in [1.54, 1.807) is 0 Å². The lowest BCUT2D eigenvalue weighted by Crippen LogP contribution is -2.31. The van der Waals surface area contributed by atoms with Gasteiger partial charge >= 0.3 is 0 Å². The highest BCUT2D eigenvalue weighted by molar-refractivity contribution is 7.12. The number of benzene rings is 1. The number of carbonyl (C=O) groups is 1. The predicted octanol–water partition coefficient (Wildman–Crippen LogP) is 2.38. The van der Waals surface area contributed by atoms with Crippen LogP contribution >= 0.6 is 11.3 Å². The molecule has 1 amide bonds. The Hall–Kier alpha value is -1.85. The van der Waals surface area contributed by atoms with Crippen LogP contribution in [0.15, 0.2) is 41.8 Å². The van der Waals surface area contributed by atoms with Crippen molar-refractivity contribution in [1.29, 1.82) is 0 Å². The number of nitrogen functional groups attached to an aromatic ring is 1. The van der Waals surface area contributed by atoms with Crippen LogP contribution in [0.3, 0.4) is 0 Å². The number of anilines is 1. The number of hydrogen-bond acceptors (Lipinski definition) is 4. The molecule has 0 aliphatic carbocycles. The second-order valence-corrected chi connectivity index (χ2v) is 5.01. The van der Waals surface area contributed by atoms with E-state index >= 15 is 0 Å². The molecule has 0 aliphatic heterocycles. The van der Waals surface area contributed by atoms with Gasteiger partial charge in [-0.2, -0.15) is 0 Å². The summed E-state index contributed by atoms with van der Waals surface area (Å²) in [5.41, 5.74) is 4.34. The standard InChI is InChI=1S/C14H17N3OS/c1-2-17(12-6-4-3-5-7-12)10-11-8-9-19-13(11)14(18)16-15/h3-9H,2,10,15H2,1H3,(H,16,18). The monoisotopic (exact) mass is 275 g/mol. The zero-order valence-corrected chi connectivity index (χ0v) is 11.6. The van der Waals surface area contributed by atoms with E-state index in [9.17, 15) is 4.79 Å². The van der Waals surface area contributed by atoms with Crippen molar-refractivity contribution in [3.63, 3.8) is 0 Å². The minimum Gasteiger partial charge on any atom is -0.367 e. The molecule has 2 rings (SSSR count). The largest absolute Gasteiger partial charge is 0.367 e. The smallest absolute Gasteiger partial charge is 0.275 e. The number of para-hydroxylation sites is 1. The second-order valence-electron chi connectivity index (χ2n) is 4.10. The van der Waals surface area contributed by atoms with Gasteiger partial charge in [0.05, 0.1) is 4.88 Å². The molecule has 0 radical (unpaired) electrons. The maximum absolute atomic E-state index is 11.7. The Morgan fingerprint density at radius 1 is 1.32 bits per heavy atom. The summed E-state index contributed by atoms with van der Waals surface area (Å²) in [6, 6.07) is 12.1. The number of hydrazine groups is 1. The van der Waals surface area contributed by atoms with Crippen LogP contribution in [0.4, 0.5) is 5.69 Å². The first-order valence-corrected chi connectivity index (χ1v) is 7.01. The van der Waals surface area contributed by atoms with E-state index in [0.717, 1.165) is 17.8 Å². The molecule has 0 atom stereocenters. The average Bonchev–Trinajstić information content (AvgIpc) is 2.93. The Labute approximate surface area is 116 Å². The lowest BCUT2D eigenvalue weighted by atomic mass is 10.2. The molecule has 4 nitrogen and oxygen atoms in total. The number of thiophene rings is 1. The number of rotatable bonds is 5. The van der Waals surface area contributed by atoms with Crippen molar-refractivity contribution in [2.75, 3.05) is 11.4 Å². The van der Waals surface area contributed by atoms with Crippen molar-refractivity contribution in [2.24, 2.45) is 5.84 Å². The summed E-state index contributed by atoms with van der Waals surface area (Å²) < 4.78 is 0. The minimum absolute atomic E-state index is 0.228. The fraction of sp³-hybridized carbons (Fsp3) is 0.214. The predicted molar refractivity (Wildman–Crippen MR) is 79.1 cm³/mol. The summed E-state index contributed by atoms with van der Waals surface area (Å²) >= 11 is 1.41. The van der Waals surface area contributed by atoms with Crippen molar-refractivity contribution in [1.82, 2.24) is 5.43 Å². The molecule has 0 unspecified atom stereocenters. The lowest BCUT2D eigenvalue weighted by molar-refractivity contribution is 0.0957. The van der Waals surface area contributed by atoms with E-state index in [4.69, 9.17) is 5.84 Å². The van der Waals surface area contributed by atoms with Crippen molar-refractivity contribution in [3.8, 4) is 0 Å². The first kappa shape index (κ1) is 13.6. The van der Waals surface area contributed by atoms with Gasteiger partial charge in [0.25, 0.3) is 5.91 Å². The molecular formula is C14H17N3OS. The molecule has 2 aromatic rings. The number of nitrogens with two attached hydrogens (primary N) is 1. The molecule has 5 heteroatoms. The van der Waals surface area contributed by atoms with E-state index in [-0.39, 0.29) is 5.91 Å². The number of carbonyl (C=O) groups excluding carboxylic acids is 1. The van der Waals surface area contributed by atoms with Gasteiger partial charge in [-0.3, -0.25) is 10.2 Å². The summed E-state index contributed by atoms with van der Waals surface area (Å²) in [4.78, 5) is 14.6. The minimum atomic E-state index is -0.228. The average molecular weight is 275 g/mol. The first-order valence-electron chi connectivity index (χ1n) is 6.13. The lowest BCUT2D eigenvalue weighted by Gasteiger charge is -2.23. The Kier molecular flexibility index (Phi) is 4.54. The summed E-state index contributed by atoms with van der Waals surface area (Å²) in [5, 5.41) is 1.92. The van der Waals surface area contributed by atoms with Crippen molar-refractivity contribution in [3.05, 3.63) is 52.2 Å². The van der Waals surface area contributed by atoms with E-state index < -0.39 is 0 Å². The Bertz CT molecular complexity index is 539. The summed E-state index contributed by atoms with van der Waals surface area (Å²) in [6.07, 6.45) is 0. The van der Waals surface area contributed by atoms with E-state index in [1.807, 2.05) is 29.6 Å². The SMILES string of the molecule is CCN(Cc1ccsc1C(=O)NN)c1ccccc1. The van der Waals surface area contributed by atoms with Crippen LogP contribution in [0.2, 0.25) is 0 Å². The van der Waals surface area contributed by atoms with Gasteiger partial charge in [0.2, 0.25) is 0 Å². The van der Waals surface area contributed by atoms with Gasteiger partial charge < -0.3 is 4.90 Å². The van der Waals surface area contributed by atoms with Gasteiger partial charge in [-0.25, -0.2) is 5.84 Å². The molecule has 0 saturated carbocycles. The van der Waals surface area contributed by atoms with Crippen LogP contribution in [-0.4, -0.2) is 12.5 Å². The van der Waals surface area contributed by atoms with E-state index in [1.165, 1.54) is 11.3 Å². The van der Waals surface area contributed by atoms with Crippen molar-refractivity contribution >= 4 is 22.9 Å². The van der Waals surface area contributed by atoms with Crippen LogP contribution < -0.4 is 16.2 Å². The fourth-order valence-electron chi connectivity index (χ4n) is 1.96. The van der Waals surface area contributed by atoms with Gasteiger partial charge in [0.15, 0.2) is 0 Å². The molecule has 1 aromatic carbocycles. The molecular weight excluding hydrogens is 258 g/mol. The normalized spacial score (nSPS) is 10.2. The quantitative estimate of drug-likeness (QED) is 0.500. The molecule has 19 heavy (non-hydrogen) atoms. The molecule has 0 saturated heterocycles. The Balaban J connectivity index is 2.20. The van der Waals surface area contributed by atoms with Gasteiger partial charge in [-0.05, 0) is 36.1 Å². The van der Waals surface area contributed by atoms with Gasteiger partial charge in [0, 0.05) is 18.8 Å². The van der Waals surface area contributed by atoms with E-state index in [2.05, 4.69) is 29.4 Å². The third-order valence-corrected chi connectivity index (χ3v) is 3.90. The summed E-state index contributed by atoms with van der Waals surface area (Å²) in [7, 11) is 0. The summed E-state index contributed by atoms with van der Waals surface area (Å²) in [6.45, 7) is 3.68. The van der Waals surface area contributed by atoms with Crippen molar-refractivity contribution in [2.45, 2.75) is 13.5 Å². The number of hydrogen-bond donors (Lipinski definition) is 2. The topological polar surface area (TPSA) is 58.4 Å². The van der Waals surface area contributed by atoms with Crippen molar-refractivity contribution < 1.29 is 4.79 Å². The highest BCUT2D eigenvalue weighted by Gasteiger charge is 2.14. The number of amides is 1. The Morgan fingerprint density at radius 3 is 2.68 bits per heavy atom. The molecule has 1 aromatic heterocycles. The zero-order chi connectivity index (χ0) is 13.7. The van der Waals surface area contributed by atoms with Crippen LogP contribution in [0.5, 0.6) is 0 Å². The van der Waals surface area contributed by atoms with Crippen LogP contribution in [0, 0.1) is 0 Å². The third kappa shape index (κ3) is 3.13. The first-order chi connectivity index (χ1) is 9.26. The number of nitrogens with zero attached hydrogens (tertiary/aromatic N) is 1. The van der Waals surface area contributed by atoms with Gasteiger partial charge in [0.1, 0.15) is 0 Å². The maximum atomic E-state index is 11.7. The highest BCUT2D eigenvalue weighted by atomic mass is 32.1. The molecule has 0 spiro atoms. The van der Waals surface area contributed by atoms with Gasteiger partial charge in [-0.15, -0.1) is 11.3 Å². The molecule has 3 N–H and O–H groups in total. The molecule has 100 valence electrons.